The van der Waals surface area contributed by atoms with Crippen LogP contribution in [0.25, 0.3) is 11.5 Å². The molecule has 24 heavy (non-hydrogen) atoms. The van der Waals surface area contributed by atoms with Crippen molar-refractivity contribution in [3.8, 4) is 11.5 Å². The van der Waals surface area contributed by atoms with Gasteiger partial charge in [-0.05, 0) is 20.1 Å². The molecule has 2 fully saturated rings. The largest absolute Gasteiger partial charge is 0.353 e. The van der Waals surface area contributed by atoms with E-state index >= 15 is 0 Å². The fourth-order valence-corrected chi connectivity index (χ4v) is 3.80. The molecule has 0 aromatic carbocycles. The summed E-state index contributed by atoms with van der Waals surface area (Å²) < 4.78 is 25.3. The Morgan fingerprint density at radius 3 is 2.79 bits per heavy atom. The van der Waals surface area contributed by atoms with Crippen molar-refractivity contribution in [3.63, 3.8) is 0 Å². The van der Waals surface area contributed by atoms with Gasteiger partial charge < -0.3 is 23.5 Å². The second kappa shape index (κ2) is 5.92. The van der Waals surface area contributed by atoms with Gasteiger partial charge in [0.05, 0.1) is 12.9 Å². The summed E-state index contributed by atoms with van der Waals surface area (Å²) in [6.07, 6.45) is 4.20. The first kappa shape index (κ1) is 16.2. The SMILES string of the molecule is CO[C@@H]1O[C@H](Cn2cnc(SC)c3ncnc2-3)[C@H]2OC(C)(C)O[C@@H]12. The third kappa shape index (κ3) is 2.60. The third-order valence-corrected chi connectivity index (χ3v) is 4.96. The number of hydrogen-bond acceptors (Lipinski definition) is 8. The van der Waals surface area contributed by atoms with Crippen LogP contribution in [0.4, 0.5) is 0 Å². The molecule has 2 saturated heterocycles. The molecule has 8 nitrogen and oxygen atoms in total. The van der Waals surface area contributed by atoms with Crippen LogP contribution in [0.2, 0.25) is 0 Å². The van der Waals surface area contributed by atoms with E-state index < -0.39 is 12.1 Å². The zero-order chi connectivity index (χ0) is 16.9. The summed E-state index contributed by atoms with van der Waals surface area (Å²) >= 11 is 1.55. The van der Waals surface area contributed by atoms with Crippen LogP contribution in [0, 0.1) is 0 Å². The molecule has 0 N–H and O–H groups in total. The van der Waals surface area contributed by atoms with Crippen molar-refractivity contribution in [2.75, 3.05) is 13.4 Å². The predicted molar refractivity (Wildman–Crippen MR) is 85.7 cm³/mol. The average molecular weight is 352 g/mol. The first-order chi connectivity index (χ1) is 11.5. The molecule has 4 heterocycles. The van der Waals surface area contributed by atoms with Crippen molar-refractivity contribution in [1.82, 2.24) is 19.5 Å². The van der Waals surface area contributed by atoms with Crippen LogP contribution in [0.5, 0.6) is 0 Å². The molecule has 0 bridgehead atoms. The van der Waals surface area contributed by atoms with Gasteiger partial charge in [0.1, 0.15) is 35.4 Å². The maximum Gasteiger partial charge on any atom is 0.186 e. The highest BCUT2D eigenvalue weighted by Gasteiger charge is 2.55. The summed E-state index contributed by atoms with van der Waals surface area (Å²) in [6.45, 7) is 4.34. The monoisotopic (exact) mass is 352 g/mol. The molecule has 0 aromatic rings. The molecule has 0 unspecified atom stereocenters. The lowest BCUT2D eigenvalue weighted by Crippen LogP contribution is -2.33. The zero-order valence-electron chi connectivity index (χ0n) is 14.0. The Kier molecular flexibility index (Phi) is 4.00. The van der Waals surface area contributed by atoms with Crippen LogP contribution >= 0.6 is 11.8 Å². The van der Waals surface area contributed by atoms with Gasteiger partial charge in [0.25, 0.3) is 0 Å². The Bertz CT molecular complexity index is 709. The topological polar surface area (TPSA) is 80.5 Å². The van der Waals surface area contributed by atoms with Crippen LogP contribution in [0.3, 0.4) is 0 Å². The Morgan fingerprint density at radius 2 is 2.04 bits per heavy atom. The smallest absolute Gasteiger partial charge is 0.186 e. The maximum absolute atomic E-state index is 6.03. The summed E-state index contributed by atoms with van der Waals surface area (Å²) in [6, 6.07) is 0. The van der Waals surface area contributed by atoms with Gasteiger partial charge in [0, 0.05) is 7.11 Å². The Morgan fingerprint density at radius 1 is 1.25 bits per heavy atom. The molecule has 4 atom stereocenters. The summed E-state index contributed by atoms with van der Waals surface area (Å²) in [5, 5.41) is 0.861. The quantitative estimate of drug-likeness (QED) is 0.603. The molecule has 0 spiro atoms. The fourth-order valence-electron chi connectivity index (χ4n) is 3.31. The lowest BCUT2D eigenvalue weighted by atomic mass is 10.1. The van der Waals surface area contributed by atoms with Crippen molar-refractivity contribution >= 4 is 11.8 Å². The average Bonchev–Trinajstić information content (AvgIpc) is 3.22. The molecular formula is C15H20N4O4S. The number of imidazole rings is 1. The van der Waals surface area contributed by atoms with E-state index in [1.54, 1.807) is 31.5 Å². The van der Waals surface area contributed by atoms with E-state index in [1.807, 2.05) is 24.7 Å². The van der Waals surface area contributed by atoms with E-state index in [9.17, 15) is 0 Å². The summed E-state index contributed by atoms with van der Waals surface area (Å²) in [4.78, 5) is 13.1. The van der Waals surface area contributed by atoms with Crippen LogP contribution in [-0.2, 0) is 25.5 Å². The highest BCUT2D eigenvalue weighted by Crippen LogP contribution is 2.39. The van der Waals surface area contributed by atoms with Crippen molar-refractivity contribution in [2.45, 2.75) is 55.8 Å². The Labute approximate surface area is 144 Å². The predicted octanol–water partition coefficient (Wildman–Crippen LogP) is 1.39. The fraction of sp³-hybridized carbons (Fsp3) is 0.667. The van der Waals surface area contributed by atoms with Crippen LogP contribution in [0.15, 0.2) is 17.7 Å². The maximum atomic E-state index is 6.03. The molecular weight excluding hydrogens is 332 g/mol. The molecule has 0 aliphatic carbocycles. The molecule has 4 rings (SSSR count). The number of aromatic nitrogens is 4. The van der Waals surface area contributed by atoms with E-state index in [1.165, 1.54) is 0 Å². The van der Waals surface area contributed by atoms with Crippen molar-refractivity contribution < 1.29 is 18.9 Å². The van der Waals surface area contributed by atoms with E-state index in [4.69, 9.17) is 18.9 Å². The number of nitrogens with zero attached hydrogens (tertiary/aromatic N) is 4. The van der Waals surface area contributed by atoms with Crippen LogP contribution < -0.4 is 0 Å². The van der Waals surface area contributed by atoms with Gasteiger partial charge in [-0.15, -0.1) is 11.8 Å². The minimum Gasteiger partial charge on any atom is -0.353 e. The van der Waals surface area contributed by atoms with Gasteiger partial charge in [-0.3, -0.25) is 0 Å². The van der Waals surface area contributed by atoms with Gasteiger partial charge in [0.15, 0.2) is 17.9 Å². The molecule has 0 saturated carbocycles. The molecule has 130 valence electrons. The number of fused-ring (bicyclic) bond motifs is 2. The molecule has 0 aromatic heterocycles. The van der Waals surface area contributed by atoms with Crippen molar-refractivity contribution in [1.29, 1.82) is 0 Å². The van der Waals surface area contributed by atoms with E-state index in [2.05, 4.69) is 15.0 Å². The van der Waals surface area contributed by atoms with Gasteiger partial charge in [-0.25, -0.2) is 15.0 Å². The highest BCUT2D eigenvalue weighted by molar-refractivity contribution is 7.98. The number of ether oxygens (including phenoxy) is 4. The van der Waals surface area contributed by atoms with Gasteiger partial charge >= 0.3 is 0 Å². The lowest BCUT2D eigenvalue weighted by molar-refractivity contribution is -0.228. The second-order valence-corrected chi connectivity index (χ2v) is 7.09. The minimum atomic E-state index is -0.644. The zero-order valence-corrected chi connectivity index (χ0v) is 14.8. The number of hydrogen-bond donors (Lipinski definition) is 0. The lowest BCUT2D eigenvalue weighted by Gasteiger charge is -2.24. The molecule has 4 aliphatic rings. The van der Waals surface area contributed by atoms with Crippen LogP contribution in [0.1, 0.15) is 13.8 Å². The molecule has 9 heteroatoms. The first-order valence-corrected chi connectivity index (χ1v) is 8.98. The van der Waals surface area contributed by atoms with E-state index in [0.29, 0.717) is 6.54 Å². The first-order valence-electron chi connectivity index (χ1n) is 7.76. The van der Waals surface area contributed by atoms with Gasteiger partial charge in [-0.2, -0.15) is 0 Å². The third-order valence-electron chi connectivity index (χ3n) is 4.28. The normalized spacial score (nSPS) is 31.7. The van der Waals surface area contributed by atoms with E-state index in [0.717, 1.165) is 16.5 Å². The summed E-state index contributed by atoms with van der Waals surface area (Å²) in [7, 11) is 1.61. The number of methoxy groups -OCH3 is 1. The number of rotatable bonds is 4. The van der Waals surface area contributed by atoms with E-state index in [-0.39, 0.29) is 18.3 Å². The number of thioether (sulfide) groups is 1. The Balaban J connectivity index is 1.61. The molecule has 0 radical (unpaired) electrons. The van der Waals surface area contributed by atoms with Crippen molar-refractivity contribution in [2.24, 2.45) is 0 Å². The van der Waals surface area contributed by atoms with Crippen LogP contribution in [-0.4, -0.2) is 63.3 Å². The molecule has 4 aliphatic heterocycles. The standard InChI is InChI=1S/C15H20N4O4S/c1-15(2)22-10-8(21-14(20-3)11(10)23-15)5-19-7-18-13(24-4)9-12(19)17-6-16-9/h6-8,10-11,14H,5H2,1-4H3/t8-,10-,11-,14-/m1/s1. The highest BCUT2D eigenvalue weighted by atomic mass is 32.2. The van der Waals surface area contributed by atoms with Crippen molar-refractivity contribution in [3.05, 3.63) is 12.7 Å². The minimum absolute atomic E-state index is 0.198. The summed E-state index contributed by atoms with van der Waals surface area (Å²) in [5.74, 6) is 0.142. The second-order valence-electron chi connectivity index (χ2n) is 6.30. The van der Waals surface area contributed by atoms with Gasteiger partial charge in [0.2, 0.25) is 0 Å². The molecule has 0 amide bonds. The summed E-state index contributed by atoms with van der Waals surface area (Å²) in [5.41, 5.74) is 0.798. The Hall–Kier alpha value is -1.26. The van der Waals surface area contributed by atoms with Gasteiger partial charge in [-0.1, -0.05) is 0 Å².